The first-order chi connectivity index (χ1) is 13.8. The summed E-state index contributed by atoms with van der Waals surface area (Å²) in [5.74, 6) is -0.0127. The van der Waals surface area contributed by atoms with Crippen molar-refractivity contribution in [1.29, 1.82) is 0 Å². The van der Waals surface area contributed by atoms with Crippen LogP contribution in [0.4, 0.5) is 5.82 Å². The largest absolute Gasteiger partial charge is 0.384 e. The van der Waals surface area contributed by atoms with Gasteiger partial charge in [0.25, 0.3) is 0 Å². The molecule has 5 N–H and O–H groups in total. The first kappa shape index (κ1) is 22.6. The molecule has 0 radical (unpaired) electrons. The molecule has 0 fully saturated rings. The zero-order valence-corrected chi connectivity index (χ0v) is 17.7. The van der Waals surface area contributed by atoms with Crippen LogP contribution in [0.5, 0.6) is 0 Å². The van der Waals surface area contributed by atoms with Gasteiger partial charge in [0.05, 0.1) is 6.04 Å². The van der Waals surface area contributed by atoms with Crippen LogP contribution in [0.3, 0.4) is 0 Å². The summed E-state index contributed by atoms with van der Waals surface area (Å²) in [7, 11) is 1.73. The average Bonchev–Trinajstić information content (AvgIpc) is 2.67. The van der Waals surface area contributed by atoms with Gasteiger partial charge in [-0.2, -0.15) is 0 Å². The van der Waals surface area contributed by atoms with E-state index in [1.165, 1.54) is 0 Å². The SMILES string of the molecule is CNC(C(=O)N[C@@H](Cc1cccc(Cl)c1)C(=O)NCc1ccc(N)nc1)C(C)C. The van der Waals surface area contributed by atoms with Crippen molar-refractivity contribution in [3.05, 3.63) is 58.7 Å². The molecule has 0 saturated carbocycles. The molecule has 2 amide bonds. The normalized spacial score (nSPS) is 13.0. The average molecular weight is 418 g/mol. The lowest BCUT2D eigenvalue weighted by Gasteiger charge is -2.24. The van der Waals surface area contributed by atoms with Crippen molar-refractivity contribution in [3.8, 4) is 0 Å². The van der Waals surface area contributed by atoms with E-state index >= 15 is 0 Å². The van der Waals surface area contributed by atoms with Crippen LogP contribution in [0.2, 0.25) is 5.02 Å². The number of halogens is 1. The Morgan fingerprint density at radius 1 is 1.14 bits per heavy atom. The number of benzene rings is 1. The molecule has 1 aromatic heterocycles. The molecule has 2 aromatic rings. The van der Waals surface area contributed by atoms with Gasteiger partial charge in [-0.05, 0) is 42.3 Å². The van der Waals surface area contributed by atoms with Crippen molar-refractivity contribution in [2.75, 3.05) is 12.8 Å². The van der Waals surface area contributed by atoms with E-state index in [-0.39, 0.29) is 24.3 Å². The second-order valence-electron chi connectivity index (χ2n) is 7.21. The molecule has 1 unspecified atom stereocenters. The Kier molecular flexibility index (Phi) is 8.42. The molecule has 1 heterocycles. The lowest BCUT2D eigenvalue weighted by molar-refractivity contribution is -0.130. The summed E-state index contributed by atoms with van der Waals surface area (Å²) in [6, 6.07) is 9.58. The van der Waals surface area contributed by atoms with Crippen LogP contribution in [0.15, 0.2) is 42.6 Å². The van der Waals surface area contributed by atoms with Crippen LogP contribution in [0.1, 0.15) is 25.0 Å². The third-order valence-electron chi connectivity index (χ3n) is 4.54. The molecular weight excluding hydrogens is 390 g/mol. The number of hydrogen-bond donors (Lipinski definition) is 4. The number of rotatable bonds is 9. The van der Waals surface area contributed by atoms with E-state index in [2.05, 4.69) is 20.9 Å². The van der Waals surface area contributed by atoms with Crippen molar-refractivity contribution in [2.24, 2.45) is 5.92 Å². The van der Waals surface area contributed by atoms with Crippen molar-refractivity contribution < 1.29 is 9.59 Å². The van der Waals surface area contributed by atoms with Crippen LogP contribution < -0.4 is 21.7 Å². The fourth-order valence-electron chi connectivity index (χ4n) is 2.99. The Balaban J connectivity index is 2.12. The number of nitrogen functional groups attached to an aromatic ring is 1. The minimum absolute atomic E-state index is 0.0794. The number of nitrogens with zero attached hydrogens (tertiary/aromatic N) is 1. The standard InChI is InChI=1S/C21H28ClN5O2/c1-13(2)19(24-3)21(29)27-17(10-14-5-4-6-16(22)9-14)20(28)26-12-15-7-8-18(23)25-11-15/h4-9,11,13,17,19,24H,10,12H2,1-3H3,(H2,23,25)(H,26,28)(H,27,29)/t17-,19?/m0/s1. The number of likely N-dealkylation sites (N-methyl/N-ethyl adjacent to an activating group) is 1. The van der Waals surface area contributed by atoms with Gasteiger partial charge >= 0.3 is 0 Å². The fraction of sp³-hybridized carbons (Fsp3) is 0.381. The number of anilines is 1. The molecule has 0 aliphatic rings. The first-order valence-electron chi connectivity index (χ1n) is 9.50. The summed E-state index contributed by atoms with van der Waals surface area (Å²) in [4.78, 5) is 29.6. The highest BCUT2D eigenvalue weighted by Crippen LogP contribution is 2.13. The third-order valence-corrected chi connectivity index (χ3v) is 4.77. The summed E-state index contributed by atoms with van der Waals surface area (Å²) >= 11 is 6.07. The highest BCUT2D eigenvalue weighted by atomic mass is 35.5. The number of carbonyl (C=O) groups excluding carboxylic acids is 2. The van der Waals surface area contributed by atoms with Gasteiger partial charge in [0.2, 0.25) is 11.8 Å². The zero-order valence-electron chi connectivity index (χ0n) is 16.9. The Hall–Kier alpha value is -2.64. The van der Waals surface area contributed by atoms with Crippen molar-refractivity contribution in [2.45, 2.75) is 38.9 Å². The van der Waals surface area contributed by atoms with Gasteiger partial charge < -0.3 is 21.7 Å². The second-order valence-corrected chi connectivity index (χ2v) is 7.65. The van der Waals surface area contributed by atoms with E-state index in [1.807, 2.05) is 26.0 Å². The zero-order chi connectivity index (χ0) is 21.4. The van der Waals surface area contributed by atoms with E-state index < -0.39 is 12.1 Å². The van der Waals surface area contributed by atoms with Crippen molar-refractivity contribution in [1.82, 2.24) is 20.9 Å². The number of hydrogen-bond acceptors (Lipinski definition) is 5. The second kappa shape index (κ2) is 10.8. The molecule has 2 atom stereocenters. The van der Waals surface area contributed by atoms with E-state index in [0.717, 1.165) is 11.1 Å². The Morgan fingerprint density at radius 2 is 1.90 bits per heavy atom. The van der Waals surface area contributed by atoms with Crippen LogP contribution in [-0.4, -0.2) is 35.9 Å². The summed E-state index contributed by atoms with van der Waals surface area (Å²) in [6.45, 7) is 4.18. The molecule has 8 heteroatoms. The summed E-state index contributed by atoms with van der Waals surface area (Å²) < 4.78 is 0. The van der Waals surface area contributed by atoms with E-state index in [9.17, 15) is 9.59 Å². The summed E-state index contributed by atoms with van der Waals surface area (Å²) in [5, 5.41) is 9.30. The van der Waals surface area contributed by atoms with Crippen molar-refractivity contribution >= 4 is 29.2 Å². The predicted molar refractivity (Wildman–Crippen MR) is 115 cm³/mol. The number of nitrogens with one attached hydrogen (secondary N) is 3. The number of nitrogens with two attached hydrogens (primary N) is 1. The van der Waals surface area contributed by atoms with Crippen LogP contribution in [0, 0.1) is 5.92 Å². The van der Waals surface area contributed by atoms with E-state index in [1.54, 1.807) is 37.5 Å². The number of carbonyl (C=O) groups is 2. The predicted octanol–water partition coefficient (Wildman–Crippen LogP) is 1.90. The molecule has 0 saturated heterocycles. The maximum Gasteiger partial charge on any atom is 0.243 e. The fourth-order valence-corrected chi connectivity index (χ4v) is 3.20. The lowest BCUT2D eigenvalue weighted by atomic mass is 10.0. The molecular formula is C21H28ClN5O2. The summed E-state index contributed by atoms with van der Waals surface area (Å²) in [5.41, 5.74) is 7.26. The minimum Gasteiger partial charge on any atom is -0.384 e. The molecule has 0 bridgehead atoms. The number of aromatic nitrogens is 1. The molecule has 0 aliphatic heterocycles. The van der Waals surface area contributed by atoms with E-state index in [0.29, 0.717) is 17.3 Å². The van der Waals surface area contributed by atoms with Gasteiger partial charge in [-0.15, -0.1) is 0 Å². The van der Waals surface area contributed by atoms with E-state index in [4.69, 9.17) is 17.3 Å². The van der Waals surface area contributed by atoms with Gasteiger partial charge in [0.1, 0.15) is 11.9 Å². The smallest absolute Gasteiger partial charge is 0.243 e. The maximum absolute atomic E-state index is 12.9. The van der Waals surface area contributed by atoms with Crippen molar-refractivity contribution in [3.63, 3.8) is 0 Å². The van der Waals surface area contributed by atoms with Crippen LogP contribution in [-0.2, 0) is 22.6 Å². The molecule has 29 heavy (non-hydrogen) atoms. The first-order valence-corrected chi connectivity index (χ1v) is 9.88. The highest BCUT2D eigenvalue weighted by molar-refractivity contribution is 6.30. The van der Waals surface area contributed by atoms with Gasteiger partial charge in [-0.1, -0.05) is 43.6 Å². The van der Waals surface area contributed by atoms with Crippen LogP contribution in [0.25, 0.3) is 0 Å². The molecule has 1 aromatic carbocycles. The Bertz CT molecular complexity index is 826. The number of amides is 2. The minimum atomic E-state index is -0.739. The topological polar surface area (TPSA) is 109 Å². The highest BCUT2D eigenvalue weighted by Gasteiger charge is 2.26. The Morgan fingerprint density at radius 3 is 2.48 bits per heavy atom. The van der Waals surface area contributed by atoms with Gasteiger partial charge in [-0.25, -0.2) is 4.98 Å². The monoisotopic (exact) mass is 417 g/mol. The molecule has 2 rings (SSSR count). The third kappa shape index (κ3) is 7.03. The van der Waals surface area contributed by atoms with Gasteiger partial charge in [0.15, 0.2) is 0 Å². The van der Waals surface area contributed by atoms with Gasteiger partial charge in [0, 0.05) is 24.2 Å². The lowest BCUT2D eigenvalue weighted by Crippen LogP contribution is -2.54. The van der Waals surface area contributed by atoms with Gasteiger partial charge in [-0.3, -0.25) is 9.59 Å². The molecule has 0 spiro atoms. The van der Waals surface area contributed by atoms with Crippen LogP contribution >= 0.6 is 11.6 Å². The summed E-state index contributed by atoms with van der Waals surface area (Å²) in [6.07, 6.45) is 1.93. The molecule has 156 valence electrons. The molecule has 0 aliphatic carbocycles. The quantitative estimate of drug-likeness (QED) is 0.498. The Labute approximate surface area is 176 Å². The number of pyridine rings is 1. The maximum atomic E-state index is 12.9. The molecule has 7 nitrogen and oxygen atoms in total.